The fourth-order valence-electron chi connectivity index (χ4n) is 1.77. The van der Waals surface area contributed by atoms with Gasteiger partial charge in [-0.25, -0.2) is 0 Å². The highest BCUT2D eigenvalue weighted by molar-refractivity contribution is 4.90. The summed E-state index contributed by atoms with van der Waals surface area (Å²) in [6.07, 6.45) is 4.77. The molecule has 0 saturated carbocycles. The number of methoxy groups -OCH3 is 1. The topological polar surface area (TPSA) is 21.3 Å². The average molecular weight is 213 g/mol. The molecule has 0 aliphatic heterocycles. The maximum atomic E-state index is 5.50. The van der Waals surface area contributed by atoms with Crippen LogP contribution >= 0.6 is 0 Å². The summed E-state index contributed by atoms with van der Waals surface area (Å²) in [6.45, 7) is 11.5. The molecule has 2 atom stereocenters. The molecule has 0 rings (SSSR count). The van der Waals surface area contributed by atoms with Crippen LogP contribution in [0.1, 0.15) is 46.5 Å². The van der Waals surface area contributed by atoms with Crippen LogP contribution in [0.2, 0.25) is 0 Å². The first-order valence-corrected chi connectivity index (χ1v) is 6.06. The molecule has 0 saturated heterocycles. The zero-order valence-corrected chi connectivity index (χ0v) is 10.8. The van der Waals surface area contributed by atoms with Crippen molar-refractivity contribution >= 4 is 0 Å². The molecule has 0 spiro atoms. The van der Waals surface area contributed by atoms with Crippen LogP contribution in [0, 0.1) is 0 Å². The number of rotatable bonds is 9. The summed E-state index contributed by atoms with van der Waals surface area (Å²) in [5, 5.41) is 3.56. The SMILES string of the molecule is C=C(C)CCC(NCCC)C(CC)OC. The Morgan fingerprint density at radius 3 is 2.47 bits per heavy atom. The maximum Gasteiger partial charge on any atom is 0.0721 e. The Kier molecular flexibility index (Phi) is 8.73. The monoisotopic (exact) mass is 213 g/mol. The predicted molar refractivity (Wildman–Crippen MR) is 67.2 cm³/mol. The normalized spacial score (nSPS) is 14.9. The van der Waals surface area contributed by atoms with Crippen molar-refractivity contribution in [2.45, 2.75) is 58.6 Å². The van der Waals surface area contributed by atoms with Gasteiger partial charge in [-0.2, -0.15) is 0 Å². The van der Waals surface area contributed by atoms with Crippen LogP contribution in [0.15, 0.2) is 12.2 Å². The predicted octanol–water partition coefficient (Wildman–Crippen LogP) is 3.14. The molecule has 2 unspecified atom stereocenters. The minimum atomic E-state index is 0.330. The highest BCUT2D eigenvalue weighted by Crippen LogP contribution is 2.12. The Hall–Kier alpha value is -0.340. The molecule has 1 N–H and O–H groups in total. The van der Waals surface area contributed by atoms with Crippen molar-refractivity contribution in [3.05, 3.63) is 12.2 Å². The lowest BCUT2D eigenvalue weighted by Crippen LogP contribution is -2.41. The van der Waals surface area contributed by atoms with Gasteiger partial charge >= 0.3 is 0 Å². The first-order chi connectivity index (χ1) is 7.15. The van der Waals surface area contributed by atoms with Crippen LogP contribution in [-0.2, 0) is 4.74 Å². The van der Waals surface area contributed by atoms with Gasteiger partial charge in [0.25, 0.3) is 0 Å². The zero-order chi connectivity index (χ0) is 11.7. The number of hydrogen-bond donors (Lipinski definition) is 1. The minimum Gasteiger partial charge on any atom is -0.380 e. The summed E-state index contributed by atoms with van der Waals surface area (Å²) >= 11 is 0. The molecule has 15 heavy (non-hydrogen) atoms. The number of ether oxygens (including phenoxy) is 1. The van der Waals surface area contributed by atoms with E-state index in [1.807, 2.05) is 0 Å². The lowest BCUT2D eigenvalue weighted by Gasteiger charge is -2.26. The van der Waals surface area contributed by atoms with Crippen molar-refractivity contribution < 1.29 is 4.74 Å². The van der Waals surface area contributed by atoms with Crippen LogP contribution in [0.25, 0.3) is 0 Å². The molecule has 0 aliphatic rings. The Morgan fingerprint density at radius 2 is 2.07 bits per heavy atom. The van der Waals surface area contributed by atoms with Gasteiger partial charge in [-0.1, -0.05) is 19.4 Å². The van der Waals surface area contributed by atoms with E-state index in [0.717, 1.165) is 25.8 Å². The van der Waals surface area contributed by atoms with Gasteiger partial charge < -0.3 is 10.1 Å². The van der Waals surface area contributed by atoms with E-state index >= 15 is 0 Å². The summed E-state index contributed by atoms with van der Waals surface area (Å²) in [4.78, 5) is 0. The maximum absolute atomic E-state index is 5.50. The molecule has 0 aromatic carbocycles. The van der Waals surface area contributed by atoms with Crippen LogP contribution in [-0.4, -0.2) is 25.8 Å². The molecular formula is C13H27NO. The Bertz CT molecular complexity index is 164. The highest BCUT2D eigenvalue weighted by Gasteiger charge is 2.18. The molecule has 0 aromatic rings. The summed E-state index contributed by atoms with van der Waals surface area (Å²) in [6, 6.07) is 0.469. The second-order valence-corrected chi connectivity index (χ2v) is 4.24. The van der Waals surface area contributed by atoms with Gasteiger partial charge in [-0.3, -0.25) is 0 Å². The fraction of sp³-hybridized carbons (Fsp3) is 0.846. The summed E-state index contributed by atoms with van der Waals surface area (Å²) in [5.41, 5.74) is 1.25. The smallest absolute Gasteiger partial charge is 0.0721 e. The molecule has 90 valence electrons. The van der Waals surface area contributed by atoms with E-state index in [1.165, 1.54) is 12.0 Å². The Labute approximate surface area is 95.1 Å². The molecule has 0 heterocycles. The molecule has 0 bridgehead atoms. The molecule has 2 nitrogen and oxygen atoms in total. The fourth-order valence-corrected chi connectivity index (χ4v) is 1.77. The lowest BCUT2D eigenvalue weighted by molar-refractivity contribution is 0.0626. The lowest BCUT2D eigenvalue weighted by atomic mass is 10.0. The van der Waals surface area contributed by atoms with Gasteiger partial charge in [0.05, 0.1) is 6.10 Å². The summed E-state index contributed by atoms with van der Waals surface area (Å²) in [5.74, 6) is 0. The van der Waals surface area contributed by atoms with Crippen LogP contribution in [0.5, 0.6) is 0 Å². The standard InChI is InChI=1S/C13H27NO/c1-6-10-14-12(9-8-11(3)4)13(7-2)15-5/h12-14H,3,6-10H2,1-2,4-5H3. The van der Waals surface area contributed by atoms with E-state index in [1.54, 1.807) is 7.11 Å². The molecule has 0 aromatic heterocycles. The third-order valence-corrected chi connectivity index (χ3v) is 2.69. The molecular weight excluding hydrogens is 186 g/mol. The Morgan fingerprint density at radius 1 is 1.40 bits per heavy atom. The van der Waals surface area contributed by atoms with E-state index in [4.69, 9.17) is 4.74 Å². The average Bonchev–Trinajstić information content (AvgIpc) is 2.22. The molecule has 2 heteroatoms. The number of hydrogen-bond acceptors (Lipinski definition) is 2. The first kappa shape index (κ1) is 14.7. The second kappa shape index (κ2) is 8.93. The molecule has 0 radical (unpaired) electrons. The second-order valence-electron chi connectivity index (χ2n) is 4.24. The summed E-state index contributed by atoms with van der Waals surface area (Å²) in [7, 11) is 1.80. The van der Waals surface area contributed by atoms with Crippen molar-refractivity contribution in [2.24, 2.45) is 0 Å². The van der Waals surface area contributed by atoms with Gasteiger partial charge in [0.15, 0.2) is 0 Å². The summed E-state index contributed by atoms with van der Waals surface area (Å²) < 4.78 is 5.50. The van der Waals surface area contributed by atoms with E-state index in [-0.39, 0.29) is 0 Å². The van der Waals surface area contributed by atoms with E-state index in [9.17, 15) is 0 Å². The van der Waals surface area contributed by atoms with E-state index in [0.29, 0.717) is 12.1 Å². The van der Waals surface area contributed by atoms with Gasteiger partial charge in [0.2, 0.25) is 0 Å². The quantitative estimate of drug-likeness (QED) is 0.594. The zero-order valence-electron chi connectivity index (χ0n) is 10.8. The van der Waals surface area contributed by atoms with Crippen LogP contribution < -0.4 is 5.32 Å². The van der Waals surface area contributed by atoms with Crippen LogP contribution in [0.4, 0.5) is 0 Å². The van der Waals surface area contributed by atoms with Crippen molar-refractivity contribution in [1.29, 1.82) is 0 Å². The Balaban J connectivity index is 4.08. The van der Waals surface area contributed by atoms with Crippen molar-refractivity contribution in [3.63, 3.8) is 0 Å². The van der Waals surface area contributed by atoms with Gasteiger partial charge in [-0.15, -0.1) is 6.58 Å². The van der Waals surface area contributed by atoms with E-state index < -0.39 is 0 Å². The van der Waals surface area contributed by atoms with Gasteiger partial charge in [0.1, 0.15) is 0 Å². The van der Waals surface area contributed by atoms with Crippen LogP contribution in [0.3, 0.4) is 0 Å². The highest BCUT2D eigenvalue weighted by atomic mass is 16.5. The molecule has 0 aliphatic carbocycles. The van der Waals surface area contributed by atoms with E-state index in [2.05, 4.69) is 32.7 Å². The number of allylic oxidation sites excluding steroid dienone is 1. The van der Waals surface area contributed by atoms with Crippen molar-refractivity contribution in [1.82, 2.24) is 5.32 Å². The van der Waals surface area contributed by atoms with Gasteiger partial charge in [0, 0.05) is 13.2 Å². The van der Waals surface area contributed by atoms with Crippen molar-refractivity contribution in [3.8, 4) is 0 Å². The number of nitrogens with one attached hydrogen (secondary N) is 1. The molecule has 0 amide bonds. The third kappa shape index (κ3) is 6.69. The first-order valence-electron chi connectivity index (χ1n) is 6.06. The van der Waals surface area contributed by atoms with Gasteiger partial charge in [-0.05, 0) is 39.2 Å². The van der Waals surface area contributed by atoms with Crippen molar-refractivity contribution in [2.75, 3.05) is 13.7 Å². The largest absolute Gasteiger partial charge is 0.380 e. The minimum absolute atomic E-state index is 0.330. The molecule has 0 fully saturated rings. The third-order valence-electron chi connectivity index (χ3n) is 2.69.